The standard InChI is InChI=1S/C18H26N4OS/c1-17(2)12-8-9-18(17,3)15-14(12)21-22-16(20-15)24-10-13(23)19-11-6-4-5-7-11/h11-12H,4-10H2,1-3H3,(H,19,23)/t12-,18-/m0/s1. The summed E-state index contributed by atoms with van der Waals surface area (Å²) in [6, 6.07) is 0.368. The maximum absolute atomic E-state index is 12.1. The van der Waals surface area contributed by atoms with E-state index in [1.165, 1.54) is 37.4 Å². The fourth-order valence-corrected chi connectivity index (χ4v) is 5.49. The topological polar surface area (TPSA) is 67.8 Å². The zero-order chi connectivity index (χ0) is 16.9. The van der Waals surface area contributed by atoms with Crippen LogP contribution in [0.2, 0.25) is 0 Å². The molecule has 1 aromatic rings. The molecule has 3 aliphatic carbocycles. The fraction of sp³-hybridized carbons (Fsp3) is 0.778. The minimum Gasteiger partial charge on any atom is -0.353 e. The lowest BCUT2D eigenvalue weighted by molar-refractivity contribution is -0.119. The average Bonchev–Trinajstić information content (AvgIpc) is 3.17. The van der Waals surface area contributed by atoms with Crippen molar-refractivity contribution in [2.45, 2.75) is 81.8 Å². The summed E-state index contributed by atoms with van der Waals surface area (Å²) in [6.45, 7) is 6.97. The van der Waals surface area contributed by atoms with Crippen LogP contribution in [0.1, 0.15) is 76.6 Å². The van der Waals surface area contributed by atoms with Crippen molar-refractivity contribution < 1.29 is 4.79 Å². The van der Waals surface area contributed by atoms with Crippen LogP contribution in [-0.2, 0) is 10.2 Å². The van der Waals surface area contributed by atoms with Gasteiger partial charge in [-0.15, -0.1) is 5.10 Å². The van der Waals surface area contributed by atoms with Crippen LogP contribution in [0.15, 0.2) is 5.16 Å². The first-order chi connectivity index (χ1) is 11.4. The maximum Gasteiger partial charge on any atom is 0.230 e. The lowest BCUT2D eigenvalue weighted by Crippen LogP contribution is -2.34. The zero-order valence-electron chi connectivity index (χ0n) is 14.8. The highest BCUT2D eigenvalue weighted by Gasteiger charge is 2.61. The lowest BCUT2D eigenvalue weighted by atomic mass is 9.70. The Bertz CT molecular complexity index is 671. The number of aromatic nitrogens is 3. The Balaban J connectivity index is 1.45. The molecule has 1 N–H and O–H groups in total. The average molecular weight is 347 g/mol. The molecule has 0 unspecified atom stereocenters. The molecule has 0 saturated heterocycles. The van der Waals surface area contributed by atoms with Gasteiger partial charge in [-0.2, -0.15) is 5.10 Å². The number of hydrogen-bond acceptors (Lipinski definition) is 5. The van der Waals surface area contributed by atoms with Crippen LogP contribution in [0, 0.1) is 5.41 Å². The van der Waals surface area contributed by atoms with Gasteiger partial charge in [-0.25, -0.2) is 4.98 Å². The first-order valence-corrected chi connectivity index (χ1v) is 10.1. The van der Waals surface area contributed by atoms with Gasteiger partial charge in [-0.3, -0.25) is 4.79 Å². The fourth-order valence-electron chi connectivity index (χ4n) is 4.89. The highest BCUT2D eigenvalue weighted by molar-refractivity contribution is 7.99. The molecule has 0 spiro atoms. The van der Waals surface area contributed by atoms with Gasteiger partial charge in [0.25, 0.3) is 0 Å². The molecule has 130 valence electrons. The van der Waals surface area contributed by atoms with Gasteiger partial charge in [0.15, 0.2) is 0 Å². The normalized spacial score (nSPS) is 30.5. The van der Waals surface area contributed by atoms with E-state index in [-0.39, 0.29) is 16.7 Å². The molecule has 2 bridgehead atoms. The molecule has 1 amide bonds. The maximum atomic E-state index is 12.1. The summed E-state index contributed by atoms with van der Waals surface area (Å²) in [5, 5.41) is 12.5. The Kier molecular flexibility index (Phi) is 3.86. The van der Waals surface area contributed by atoms with Crippen molar-refractivity contribution in [3.05, 3.63) is 11.4 Å². The van der Waals surface area contributed by atoms with Gasteiger partial charge < -0.3 is 5.32 Å². The van der Waals surface area contributed by atoms with Crippen LogP contribution in [0.4, 0.5) is 0 Å². The highest BCUT2D eigenvalue weighted by Crippen LogP contribution is 2.66. The number of hydrogen-bond donors (Lipinski definition) is 1. The summed E-state index contributed by atoms with van der Waals surface area (Å²) in [5.41, 5.74) is 2.50. The van der Waals surface area contributed by atoms with E-state index in [1.807, 2.05) is 0 Å². The number of fused-ring (bicyclic) bond motifs is 5. The van der Waals surface area contributed by atoms with Gasteiger partial charge in [-0.05, 0) is 31.1 Å². The molecule has 0 aliphatic heterocycles. The van der Waals surface area contributed by atoms with Crippen molar-refractivity contribution in [3.63, 3.8) is 0 Å². The number of amides is 1. The number of nitrogens with one attached hydrogen (secondary N) is 1. The third kappa shape index (κ3) is 2.37. The number of carbonyl (C=O) groups is 1. The Hall–Kier alpha value is -1.17. The summed E-state index contributed by atoms with van der Waals surface area (Å²) in [7, 11) is 0. The molecule has 24 heavy (non-hydrogen) atoms. The van der Waals surface area contributed by atoms with Gasteiger partial charge in [0.1, 0.15) is 0 Å². The highest BCUT2D eigenvalue weighted by atomic mass is 32.2. The summed E-state index contributed by atoms with van der Waals surface area (Å²) in [5.74, 6) is 0.937. The molecule has 2 atom stereocenters. The first kappa shape index (κ1) is 16.3. The number of nitrogens with zero attached hydrogens (tertiary/aromatic N) is 3. The van der Waals surface area contributed by atoms with Crippen LogP contribution in [-0.4, -0.2) is 32.9 Å². The SMILES string of the molecule is CC1(C)[C@H]2CC[C@@]1(C)c1nc(SCC(=O)NC3CCCC3)nnc12. The van der Waals surface area contributed by atoms with E-state index in [0.717, 1.165) is 24.2 Å². The van der Waals surface area contributed by atoms with E-state index >= 15 is 0 Å². The third-order valence-electron chi connectivity index (χ3n) is 6.83. The van der Waals surface area contributed by atoms with Crippen LogP contribution in [0.5, 0.6) is 0 Å². The van der Waals surface area contributed by atoms with E-state index in [9.17, 15) is 4.79 Å². The lowest BCUT2D eigenvalue weighted by Gasteiger charge is -2.33. The van der Waals surface area contributed by atoms with Crippen LogP contribution >= 0.6 is 11.8 Å². The first-order valence-electron chi connectivity index (χ1n) is 9.09. The molecule has 0 aromatic carbocycles. The number of rotatable bonds is 4. The quantitative estimate of drug-likeness (QED) is 0.848. The Morgan fingerprint density at radius 1 is 1.21 bits per heavy atom. The monoisotopic (exact) mass is 346 g/mol. The van der Waals surface area contributed by atoms with Crippen molar-refractivity contribution in [2.75, 3.05) is 5.75 Å². The molecular weight excluding hydrogens is 320 g/mol. The van der Waals surface area contributed by atoms with Crippen LogP contribution in [0.25, 0.3) is 0 Å². The predicted molar refractivity (Wildman–Crippen MR) is 94.1 cm³/mol. The van der Waals surface area contributed by atoms with Crippen molar-refractivity contribution >= 4 is 17.7 Å². The molecular formula is C18H26N4OS. The second kappa shape index (κ2) is 5.68. The molecule has 6 heteroatoms. The van der Waals surface area contributed by atoms with Crippen molar-refractivity contribution in [1.82, 2.24) is 20.5 Å². The van der Waals surface area contributed by atoms with Gasteiger partial charge in [-0.1, -0.05) is 45.4 Å². The van der Waals surface area contributed by atoms with E-state index in [1.54, 1.807) is 0 Å². The largest absolute Gasteiger partial charge is 0.353 e. The molecule has 1 aromatic heterocycles. The zero-order valence-corrected chi connectivity index (χ0v) is 15.6. The Morgan fingerprint density at radius 3 is 2.71 bits per heavy atom. The molecule has 1 heterocycles. The Labute approximate surface area is 147 Å². The minimum absolute atomic E-state index is 0.0871. The molecule has 0 radical (unpaired) electrons. The van der Waals surface area contributed by atoms with E-state index in [0.29, 0.717) is 22.9 Å². The van der Waals surface area contributed by atoms with Gasteiger partial charge in [0, 0.05) is 17.4 Å². The van der Waals surface area contributed by atoms with E-state index in [2.05, 4.69) is 36.3 Å². The summed E-state index contributed by atoms with van der Waals surface area (Å²) in [6.07, 6.45) is 7.03. The van der Waals surface area contributed by atoms with Crippen LogP contribution in [0.3, 0.4) is 0 Å². The number of carbonyl (C=O) groups excluding carboxylic acids is 1. The van der Waals surface area contributed by atoms with Gasteiger partial charge >= 0.3 is 0 Å². The molecule has 5 nitrogen and oxygen atoms in total. The molecule has 2 fully saturated rings. The number of thioether (sulfide) groups is 1. The predicted octanol–water partition coefficient (Wildman–Crippen LogP) is 3.20. The van der Waals surface area contributed by atoms with Crippen molar-refractivity contribution in [3.8, 4) is 0 Å². The summed E-state index contributed by atoms with van der Waals surface area (Å²) in [4.78, 5) is 16.9. The molecule has 2 saturated carbocycles. The van der Waals surface area contributed by atoms with Crippen molar-refractivity contribution in [1.29, 1.82) is 0 Å². The molecule has 3 aliphatic rings. The minimum atomic E-state index is 0.0871. The van der Waals surface area contributed by atoms with Gasteiger partial charge in [0.2, 0.25) is 11.1 Å². The summed E-state index contributed by atoms with van der Waals surface area (Å²) < 4.78 is 0. The molecule has 4 rings (SSSR count). The second-order valence-electron chi connectivity index (χ2n) is 8.31. The van der Waals surface area contributed by atoms with Crippen LogP contribution < -0.4 is 5.32 Å². The second-order valence-corrected chi connectivity index (χ2v) is 9.25. The van der Waals surface area contributed by atoms with E-state index in [4.69, 9.17) is 4.98 Å². The van der Waals surface area contributed by atoms with Crippen molar-refractivity contribution in [2.24, 2.45) is 5.41 Å². The van der Waals surface area contributed by atoms with Gasteiger partial charge in [0.05, 0.1) is 17.1 Å². The third-order valence-corrected chi connectivity index (χ3v) is 7.66. The summed E-state index contributed by atoms with van der Waals surface area (Å²) >= 11 is 1.41. The van der Waals surface area contributed by atoms with E-state index < -0.39 is 0 Å². The Morgan fingerprint density at radius 2 is 1.96 bits per heavy atom. The smallest absolute Gasteiger partial charge is 0.230 e.